The molecule has 1 aliphatic carbocycles. The van der Waals surface area contributed by atoms with Gasteiger partial charge in [0, 0.05) is 25.2 Å². The van der Waals surface area contributed by atoms with E-state index in [0.717, 1.165) is 19.3 Å². The summed E-state index contributed by atoms with van der Waals surface area (Å²) in [6, 6.07) is 0.381. The normalized spacial score (nSPS) is 26.4. The van der Waals surface area contributed by atoms with E-state index >= 15 is 0 Å². The van der Waals surface area contributed by atoms with E-state index in [0.29, 0.717) is 31.7 Å². The van der Waals surface area contributed by atoms with Crippen LogP contribution in [-0.4, -0.2) is 48.8 Å². The monoisotopic (exact) mass is 311 g/mol. The summed E-state index contributed by atoms with van der Waals surface area (Å²) in [5.74, 6) is 0.560. The van der Waals surface area contributed by atoms with E-state index in [4.69, 9.17) is 4.74 Å². The van der Waals surface area contributed by atoms with Crippen LogP contribution in [-0.2, 0) is 4.74 Å². The summed E-state index contributed by atoms with van der Waals surface area (Å²) in [7, 11) is 0. The van der Waals surface area contributed by atoms with Gasteiger partial charge in [-0.05, 0) is 38.5 Å². The molecule has 0 aromatic heterocycles. The average Bonchev–Trinajstić information content (AvgIpc) is 2.50. The molecule has 22 heavy (non-hydrogen) atoms. The molecule has 1 aliphatic heterocycles. The molecule has 0 aromatic rings. The third-order valence-corrected chi connectivity index (χ3v) is 4.78. The van der Waals surface area contributed by atoms with E-state index in [2.05, 4.69) is 17.6 Å². The Kier molecular flexibility index (Phi) is 6.34. The lowest BCUT2D eigenvalue weighted by atomic mass is 9.86. The fraction of sp³-hybridized carbons (Fsp3) is 0.875. The molecule has 1 saturated heterocycles. The van der Waals surface area contributed by atoms with E-state index in [9.17, 15) is 9.59 Å². The molecule has 0 radical (unpaired) electrons. The van der Waals surface area contributed by atoms with Crippen molar-refractivity contribution in [2.45, 2.75) is 64.5 Å². The summed E-state index contributed by atoms with van der Waals surface area (Å²) < 4.78 is 5.00. The smallest absolute Gasteiger partial charge is 0.409 e. The molecule has 0 bridgehead atoms. The number of hydrogen-bond donors (Lipinski definition) is 2. The van der Waals surface area contributed by atoms with Crippen LogP contribution >= 0.6 is 0 Å². The molecular weight excluding hydrogens is 282 g/mol. The van der Waals surface area contributed by atoms with Crippen molar-refractivity contribution in [3.8, 4) is 0 Å². The lowest BCUT2D eigenvalue weighted by Crippen LogP contribution is -2.52. The number of carbonyl (C=O) groups is 2. The second-order valence-electron chi connectivity index (χ2n) is 6.45. The van der Waals surface area contributed by atoms with Crippen LogP contribution in [0, 0.1) is 5.92 Å². The largest absolute Gasteiger partial charge is 0.450 e. The zero-order valence-electron chi connectivity index (χ0n) is 13.8. The van der Waals surface area contributed by atoms with Crippen molar-refractivity contribution >= 4 is 12.1 Å². The molecule has 0 aromatic carbocycles. The first-order chi connectivity index (χ1) is 10.6. The number of piperidine rings is 1. The molecule has 6 nitrogen and oxygen atoms in total. The summed E-state index contributed by atoms with van der Waals surface area (Å²) in [6.45, 7) is 5.71. The van der Waals surface area contributed by atoms with Gasteiger partial charge in [0.15, 0.2) is 0 Å². The van der Waals surface area contributed by atoms with Crippen molar-refractivity contribution in [2.75, 3.05) is 19.7 Å². The van der Waals surface area contributed by atoms with Gasteiger partial charge in [-0.15, -0.1) is 0 Å². The Labute approximate surface area is 132 Å². The van der Waals surface area contributed by atoms with Crippen molar-refractivity contribution in [3.05, 3.63) is 0 Å². The molecule has 2 unspecified atom stereocenters. The standard InChI is InChI=1S/C16H29N3O3/c1-3-22-16(21)19-10-8-13(9-11-19)17-15(20)18-14-7-5-4-6-12(14)2/h12-14H,3-11H2,1-2H3,(H2,17,18,20). The zero-order chi connectivity index (χ0) is 15.9. The fourth-order valence-electron chi connectivity index (χ4n) is 3.35. The van der Waals surface area contributed by atoms with E-state index in [-0.39, 0.29) is 18.2 Å². The van der Waals surface area contributed by atoms with Crippen LogP contribution in [0.1, 0.15) is 52.4 Å². The van der Waals surface area contributed by atoms with Gasteiger partial charge in [0.1, 0.15) is 0 Å². The maximum absolute atomic E-state index is 12.1. The first-order valence-electron chi connectivity index (χ1n) is 8.59. The topological polar surface area (TPSA) is 70.7 Å². The van der Waals surface area contributed by atoms with E-state index in [1.807, 2.05) is 6.92 Å². The van der Waals surface area contributed by atoms with Gasteiger partial charge in [0.05, 0.1) is 6.61 Å². The van der Waals surface area contributed by atoms with Crippen LogP contribution < -0.4 is 10.6 Å². The van der Waals surface area contributed by atoms with Crippen LogP contribution in [0.2, 0.25) is 0 Å². The predicted molar refractivity (Wildman–Crippen MR) is 84.7 cm³/mol. The second kappa shape index (κ2) is 8.25. The van der Waals surface area contributed by atoms with Crippen LogP contribution in [0.4, 0.5) is 9.59 Å². The first-order valence-corrected chi connectivity index (χ1v) is 8.59. The summed E-state index contributed by atoms with van der Waals surface area (Å²) in [5.41, 5.74) is 0. The predicted octanol–water partition coefficient (Wildman–Crippen LogP) is 2.49. The summed E-state index contributed by atoms with van der Waals surface area (Å²) in [4.78, 5) is 25.5. The van der Waals surface area contributed by atoms with Crippen LogP contribution in [0.15, 0.2) is 0 Å². The Morgan fingerprint density at radius 3 is 2.41 bits per heavy atom. The third-order valence-electron chi connectivity index (χ3n) is 4.78. The lowest BCUT2D eigenvalue weighted by Gasteiger charge is -2.33. The Bertz CT molecular complexity index is 381. The second-order valence-corrected chi connectivity index (χ2v) is 6.45. The molecule has 1 heterocycles. The lowest BCUT2D eigenvalue weighted by molar-refractivity contribution is 0.0956. The van der Waals surface area contributed by atoms with Crippen molar-refractivity contribution in [1.29, 1.82) is 0 Å². The van der Waals surface area contributed by atoms with Gasteiger partial charge in [0.25, 0.3) is 0 Å². The highest BCUT2D eigenvalue weighted by atomic mass is 16.6. The number of likely N-dealkylation sites (tertiary alicyclic amines) is 1. The Morgan fingerprint density at radius 1 is 1.09 bits per heavy atom. The maximum atomic E-state index is 12.1. The SMILES string of the molecule is CCOC(=O)N1CCC(NC(=O)NC2CCCCC2C)CC1. The highest BCUT2D eigenvalue weighted by Gasteiger charge is 2.26. The van der Waals surface area contributed by atoms with Gasteiger partial charge in [-0.25, -0.2) is 9.59 Å². The van der Waals surface area contributed by atoms with Gasteiger partial charge in [-0.1, -0.05) is 19.8 Å². The quantitative estimate of drug-likeness (QED) is 0.841. The molecule has 2 fully saturated rings. The minimum absolute atomic E-state index is 0.0617. The molecule has 6 heteroatoms. The van der Waals surface area contributed by atoms with E-state index in [1.165, 1.54) is 19.3 Å². The minimum Gasteiger partial charge on any atom is -0.450 e. The van der Waals surface area contributed by atoms with Crippen molar-refractivity contribution in [2.24, 2.45) is 5.92 Å². The van der Waals surface area contributed by atoms with Crippen LogP contribution in [0.3, 0.4) is 0 Å². The zero-order valence-corrected chi connectivity index (χ0v) is 13.8. The highest BCUT2D eigenvalue weighted by molar-refractivity contribution is 5.74. The average molecular weight is 311 g/mol. The number of nitrogens with zero attached hydrogens (tertiary/aromatic N) is 1. The fourth-order valence-corrected chi connectivity index (χ4v) is 3.35. The Balaban J connectivity index is 1.69. The molecular formula is C16H29N3O3. The summed E-state index contributed by atoms with van der Waals surface area (Å²) in [5, 5.41) is 6.16. The van der Waals surface area contributed by atoms with Gasteiger partial charge in [0.2, 0.25) is 0 Å². The van der Waals surface area contributed by atoms with Crippen molar-refractivity contribution in [3.63, 3.8) is 0 Å². The van der Waals surface area contributed by atoms with Crippen molar-refractivity contribution < 1.29 is 14.3 Å². The van der Waals surface area contributed by atoms with Gasteiger partial charge in [-0.3, -0.25) is 0 Å². The summed E-state index contributed by atoms with van der Waals surface area (Å²) in [6.07, 6.45) is 6.07. The highest BCUT2D eigenvalue weighted by Crippen LogP contribution is 2.23. The van der Waals surface area contributed by atoms with Crippen LogP contribution in [0.25, 0.3) is 0 Å². The third kappa shape index (κ3) is 4.78. The molecule has 2 aliphatic rings. The van der Waals surface area contributed by atoms with Gasteiger partial charge >= 0.3 is 12.1 Å². The molecule has 2 atom stereocenters. The molecule has 1 saturated carbocycles. The molecule has 2 rings (SSSR count). The minimum atomic E-state index is -0.249. The summed E-state index contributed by atoms with van der Waals surface area (Å²) >= 11 is 0. The van der Waals surface area contributed by atoms with Crippen LogP contribution in [0.5, 0.6) is 0 Å². The molecule has 3 amide bonds. The number of urea groups is 1. The molecule has 0 spiro atoms. The number of carbonyl (C=O) groups excluding carboxylic acids is 2. The van der Waals surface area contributed by atoms with E-state index in [1.54, 1.807) is 4.90 Å². The van der Waals surface area contributed by atoms with Crippen molar-refractivity contribution in [1.82, 2.24) is 15.5 Å². The number of rotatable bonds is 3. The number of nitrogens with one attached hydrogen (secondary N) is 2. The Hall–Kier alpha value is -1.46. The van der Waals surface area contributed by atoms with E-state index < -0.39 is 0 Å². The number of amides is 3. The molecule has 126 valence electrons. The molecule has 2 N–H and O–H groups in total. The van der Waals surface area contributed by atoms with Gasteiger partial charge < -0.3 is 20.3 Å². The maximum Gasteiger partial charge on any atom is 0.409 e. The Morgan fingerprint density at radius 2 is 1.77 bits per heavy atom. The number of ether oxygens (including phenoxy) is 1. The van der Waals surface area contributed by atoms with Gasteiger partial charge in [-0.2, -0.15) is 0 Å². The first kappa shape index (κ1) is 16.9. The number of hydrogen-bond acceptors (Lipinski definition) is 3.